The van der Waals surface area contributed by atoms with Crippen molar-refractivity contribution in [3.05, 3.63) is 82.4 Å². The number of benzene rings is 3. The second kappa shape index (κ2) is 8.94. The number of nitrogens with one attached hydrogen (secondary N) is 2. The second-order valence-corrected chi connectivity index (χ2v) is 6.40. The molecule has 3 aromatic carbocycles. The Labute approximate surface area is 166 Å². The van der Waals surface area contributed by atoms with Gasteiger partial charge in [-0.2, -0.15) is 0 Å². The summed E-state index contributed by atoms with van der Waals surface area (Å²) < 4.78 is 0. The largest absolute Gasteiger partial charge is 0.323 e. The highest BCUT2D eigenvalue weighted by Gasteiger charge is 2.17. The first-order chi connectivity index (χ1) is 13.9. The van der Waals surface area contributed by atoms with E-state index in [2.05, 4.69) is 10.8 Å². The molecule has 148 valence electrons. The van der Waals surface area contributed by atoms with Gasteiger partial charge in [0.05, 0.1) is 11.3 Å². The topological polar surface area (TPSA) is 111 Å². The highest BCUT2D eigenvalue weighted by atomic mass is 16.7. The summed E-state index contributed by atoms with van der Waals surface area (Å²) in [4.78, 5) is 39.8. The summed E-state index contributed by atoms with van der Waals surface area (Å²) in [5, 5.41) is 15.3. The Morgan fingerprint density at radius 3 is 2.59 bits per heavy atom. The van der Waals surface area contributed by atoms with E-state index in [1.165, 1.54) is 31.2 Å². The number of anilines is 1. The van der Waals surface area contributed by atoms with Crippen molar-refractivity contribution < 1.29 is 19.3 Å². The van der Waals surface area contributed by atoms with Gasteiger partial charge in [0.2, 0.25) is 5.91 Å². The molecule has 0 spiro atoms. The number of nitro groups is 1. The van der Waals surface area contributed by atoms with Crippen molar-refractivity contribution in [2.45, 2.75) is 19.4 Å². The fourth-order valence-electron chi connectivity index (χ4n) is 2.80. The molecule has 3 aromatic rings. The van der Waals surface area contributed by atoms with Crippen molar-refractivity contribution in [2.75, 3.05) is 5.32 Å². The molecular formula is C21H19N3O5. The van der Waals surface area contributed by atoms with Gasteiger partial charge in [-0.05, 0) is 29.3 Å². The van der Waals surface area contributed by atoms with Crippen LogP contribution in [0, 0.1) is 10.1 Å². The van der Waals surface area contributed by atoms with Crippen molar-refractivity contribution in [1.29, 1.82) is 0 Å². The molecule has 0 heterocycles. The lowest BCUT2D eigenvalue weighted by atomic mass is 10.0. The standard InChI is InChI=1S/C21H19N3O5/c1-14(21(26)22-17-9-5-10-18(13-17)24(27)28)29-23-20(25)12-16-8-4-7-15-6-2-3-11-19(15)16/h2-11,13-14H,12H2,1H3,(H,22,26)(H,23,25). The van der Waals surface area contributed by atoms with Crippen LogP contribution >= 0.6 is 0 Å². The molecule has 0 aliphatic heterocycles. The lowest BCUT2D eigenvalue weighted by molar-refractivity contribution is -0.384. The first-order valence-corrected chi connectivity index (χ1v) is 8.90. The molecule has 0 bridgehead atoms. The zero-order valence-corrected chi connectivity index (χ0v) is 15.6. The third kappa shape index (κ3) is 5.14. The van der Waals surface area contributed by atoms with Crippen LogP contribution in [0.5, 0.6) is 0 Å². The van der Waals surface area contributed by atoms with Gasteiger partial charge in [0.25, 0.3) is 11.6 Å². The van der Waals surface area contributed by atoms with Crippen molar-refractivity contribution in [3.8, 4) is 0 Å². The van der Waals surface area contributed by atoms with E-state index in [0.29, 0.717) is 0 Å². The molecule has 0 fully saturated rings. The van der Waals surface area contributed by atoms with Crippen LogP contribution in [-0.2, 0) is 20.8 Å². The highest BCUT2D eigenvalue weighted by Crippen LogP contribution is 2.19. The average molecular weight is 393 g/mol. The summed E-state index contributed by atoms with van der Waals surface area (Å²) in [6.45, 7) is 1.46. The molecule has 8 heteroatoms. The van der Waals surface area contributed by atoms with Gasteiger partial charge in [-0.3, -0.25) is 24.5 Å². The number of nitrogens with zero attached hydrogens (tertiary/aromatic N) is 1. The average Bonchev–Trinajstić information content (AvgIpc) is 2.72. The SMILES string of the molecule is CC(ONC(=O)Cc1cccc2ccccc12)C(=O)Nc1cccc([N+](=O)[O-])c1. The number of hydrogen-bond donors (Lipinski definition) is 2. The molecule has 2 amide bonds. The molecule has 29 heavy (non-hydrogen) atoms. The Kier molecular flexibility index (Phi) is 6.16. The maximum Gasteiger partial charge on any atom is 0.271 e. The van der Waals surface area contributed by atoms with Crippen LogP contribution in [0.25, 0.3) is 10.8 Å². The third-order valence-electron chi connectivity index (χ3n) is 4.27. The first kappa shape index (κ1) is 20.0. The van der Waals surface area contributed by atoms with Gasteiger partial charge in [0, 0.05) is 17.8 Å². The predicted molar refractivity (Wildman–Crippen MR) is 108 cm³/mol. The van der Waals surface area contributed by atoms with Crippen molar-refractivity contribution in [3.63, 3.8) is 0 Å². The van der Waals surface area contributed by atoms with Crippen LogP contribution in [0.4, 0.5) is 11.4 Å². The Morgan fingerprint density at radius 2 is 1.79 bits per heavy atom. The van der Waals surface area contributed by atoms with E-state index in [9.17, 15) is 19.7 Å². The zero-order chi connectivity index (χ0) is 20.8. The van der Waals surface area contributed by atoms with E-state index in [-0.39, 0.29) is 17.8 Å². The number of carbonyl (C=O) groups is 2. The number of rotatable bonds is 7. The Bertz CT molecular complexity index is 1060. The van der Waals surface area contributed by atoms with E-state index in [0.717, 1.165) is 16.3 Å². The van der Waals surface area contributed by atoms with Crippen LogP contribution in [0.1, 0.15) is 12.5 Å². The molecule has 0 aliphatic rings. The number of carbonyl (C=O) groups excluding carboxylic acids is 2. The fourth-order valence-corrected chi connectivity index (χ4v) is 2.80. The summed E-state index contributed by atoms with van der Waals surface area (Å²) >= 11 is 0. The summed E-state index contributed by atoms with van der Waals surface area (Å²) in [7, 11) is 0. The molecule has 1 unspecified atom stereocenters. The van der Waals surface area contributed by atoms with Crippen LogP contribution in [0.15, 0.2) is 66.7 Å². The van der Waals surface area contributed by atoms with E-state index in [1.54, 1.807) is 0 Å². The van der Waals surface area contributed by atoms with Gasteiger partial charge in [0.1, 0.15) is 0 Å². The summed E-state index contributed by atoms with van der Waals surface area (Å²) in [5.41, 5.74) is 3.26. The molecular weight excluding hydrogens is 374 g/mol. The second-order valence-electron chi connectivity index (χ2n) is 6.40. The third-order valence-corrected chi connectivity index (χ3v) is 4.27. The maximum atomic E-state index is 12.2. The first-order valence-electron chi connectivity index (χ1n) is 8.90. The van der Waals surface area contributed by atoms with Gasteiger partial charge in [-0.15, -0.1) is 0 Å². The number of fused-ring (bicyclic) bond motifs is 1. The highest BCUT2D eigenvalue weighted by molar-refractivity contribution is 5.94. The van der Waals surface area contributed by atoms with Gasteiger partial charge >= 0.3 is 0 Å². The lowest BCUT2D eigenvalue weighted by Gasteiger charge is -2.14. The van der Waals surface area contributed by atoms with E-state index in [4.69, 9.17) is 4.84 Å². The minimum absolute atomic E-state index is 0.0978. The van der Waals surface area contributed by atoms with Gasteiger partial charge in [-0.25, -0.2) is 5.48 Å². The molecule has 1 atom stereocenters. The molecule has 0 saturated heterocycles. The number of hydroxylamine groups is 1. The van der Waals surface area contributed by atoms with Crippen LogP contribution in [-0.4, -0.2) is 22.8 Å². The van der Waals surface area contributed by atoms with Gasteiger partial charge < -0.3 is 5.32 Å². The van der Waals surface area contributed by atoms with E-state index >= 15 is 0 Å². The Balaban J connectivity index is 1.55. The Hall–Kier alpha value is -3.78. The quantitative estimate of drug-likeness (QED) is 0.472. The van der Waals surface area contributed by atoms with Crippen LogP contribution in [0.2, 0.25) is 0 Å². The maximum absolute atomic E-state index is 12.2. The molecule has 0 aromatic heterocycles. The molecule has 2 N–H and O–H groups in total. The number of hydrogen-bond acceptors (Lipinski definition) is 5. The smallest absolute Gasteiger partial charge is 0.271 e. The molecule has 3 rings (SSSR count). The Morgan fingerprint density at radius 1 is 1.07 bits per heavy atom. The number of amides is 2. The zero-order valence-electron chi connectivity index (χ0n) is 15.6. The van der Waals surface area contributed by atoms with Crippen molar-refractivity contribution >= 4 is 34.0 Å². The fraction of sp³-hybridized carbons (Fsp3) is 0.143. The summed E-state index contributed by atoms with van der Waals surface area (Å²) in [5.74, 6) is -0.938. The summed E-state index contributed by atoms with van der Waals surface area (Å²) in [6.07, 6.45) is -0.897. The number of nitro benzene ring substituents is 1. The van der Waals surface area contributed by atoms with E-state index < -0.39 is 22.8 Å². The monoisotopic (exact) mass is 393 g/mol. The molecule has 0 radical (unpaired) electrons. The van der Waals surface area contributed by atoms with E-state index in [1.807, 2.05) is 42.5 Å². The van der Waals surface area contributed by atoms with Crippen LogP contribution in [0.3, 0.4) is 0 Å². The molecule has 8 nitrogen and oxygen atoms in total. The van der Waals surface area contributed by atoms with Crippen LogP contribution < -0.4 is 10.8 Å². The normalized spacial score (nSPS) is 11.6. The summed E-state index contributed by atoms with van der Waals surface area (Å²) in [6, 6.07) is 19.0. The van der Waals surface area contributed by atoms with Gasteiger partial charge in [0.15, 0.2) is 6.10 Å². The molecule has 0 aliphatic carbocycles. The number of non-ortho nitro benzene ring substituents is 1. The lowest BCUT2D eigenvalue weighted by Crippen LogP contribution is -2.36. The van der Waals surface area contributed by atoms with Crippen molar-refractivity contribution in [2.24, 2.45) is 0 Å². The minimum Gasteiger partial charge on any atom is -0.323 e. The van der Waals surface area contributed by atoms with Crippen molar-refractivity contribution in [1.82, 2.24) is 5.48 Å². The molecule has 0 saturated carbocycles. The minimum atomic E-state index is -0.995. The predicted octanol–water partition coefficient (Wildman–Crippen LogP) is 3.37. The van der Waals surface area contributed by atoms with Gasteiger partial charge in [-0.1, -0.05) is 48.5 Å².